The van der Waals surface area contributed by atoms with Crippen LogP contribution >= 0.6 is 11.3 Å². The van der Waals surface area contributed by atoms with Crippen molar-refractivity contribution in [2.75, 3.05) is 0 Å². The highest BCUT2D eigenvalue weighted by Gasteiger charge is 2.20. The third-order valence-electron chi connectivity index (χ3n) is 4.16. The second-order valence-electron chi connectivity index (χ2n) is 7.72. The van der Waals surface area contributed by atoms with Gasteiger partial charge >= 0.3 is 0 Å². The lowest BCUT2D eigenvalue weighted by atomic mass is 9.90. The summed E-state index contributed by atoms with van der Waals surface area (Å²) in [5.41, 5.74) is 5.25. The largest absolute Gasteiger partial charge is 0.281 e. The summed E-state index contributed by atoms with van der Waals surface area (Å²) in [6, 6.07) is 2.07. The van der Waals surface area contributed by atoms with Crippen molar-refractivity contribution in [2.24, 2.45) is 22.9 Å². The van der Waals surface area contributed by atoms with Gasteiger partial charge in [-0.2, -0.15) is 5.10 Å². The fraction of sp³-hybridized carbons (Fsp3) is 0.684. The van der Waals surface area contributed by atoms with Crippen LogP contribution in [0.15, 0.2) is 11.2 Å². The number of aryl methyl sites for hydroxylation is 1. The number of thiophene rings is 1. The summed E-state index contributed by atoms with van der Waals surface area (Å²) in [5, 5.41) is 4.43. The second kappa shape index (κ2) is 8.09. The molecule has 1 amide bonds. The lowest BCUT2D eigenvalue weighted by molar-refractivity contribution is 0.0958. The van der Waals surface area contributed by atoms with Gasteiger partial charge in [-0.05, 0) is 61.5 Å². The van der Waals surface area contributed by atoms with E-state index in [1.54, 1.807) is 11.3 Å². The van der Waals surface area contributed by atoms with Gasteiger partial charge in [0, 0.05) is 10.6 Å². The molecule has 0 unspecified atom stereocenters. The number of carbonyl (C=O) groups excluding carboxylic acids is 1. The van der Waals surface area contributed by atoms with Crippen LogP contribution in [0.5, 0.6) is 0 Å². The Hall–Kier alpha value is -1.16. The predicted octanol–water partition coefficient (Wildman–Crippen LogP) is 5.05. The number of hydrazone groups is 1. The Morgan fingerprint density at radius 2 is 1.96 bits per heavy atom. The minimum atomic E-state index is -0.0536. The van der Waals surface area contributed by atoms with Gasteiger partial charge in [-0.25, -0.2) is 5.43 Å². The van der Waals surface area contributed by atoms with Crippen LogP contribution in [0, 0.1) is 17.8 Å². The van der Waals surface area contributed by atoms with Gasteiger partial charge in [0.25, 0.3) is 5.91 Å². The summed E-state index contributed by atoms with van der Waals surface area (Å²) in [6.45, 7) is 11.0. The van der Waals surface area contributed by atoms with E-state index in [2.05, 4.69) is 51.2 Å². The van der Waals surface area contributed by atoms with E-state index in [1.165, 1.54) is 16.9 Å². The number of hydrogen-bond acceptors (Lipinski definition) is 3. The number of rotatable bonds is 6. The van der Waals surface area contributed by atoms with Crippen LogP contribution in [0.3, 0.4) is 0 Å². The van der Waals surface area contributed by atoms with Crippen molar-refractivity contribution in [2.45, 2.75) is 66.7 Å². The van der Waals surface area contributed by atoms with Crippen molar-refractivity contribution in [3.63, 3.8) is 0 Å². The van der Waals surface area contributed by atoms with Gasteiger partial charge in [-0.1, -0.05) is 34.6 Å². The summed E-state index contributed by atoms with van der Waals surface area (Å²) < 4.78 is 0. The first kappa shape index (κ1) is 18.2. The molecule has 0 spiro atoms. The molecule has 23 heavy (non-hydrogen) atoms. The highest BCUT2D eigenvalue weighted by molar-refractivity contribution is 7.14. The van der Waals surface area contributed by atoms with E-state index in [9.17, 15) is 4.79 Å². The molecule has 0 aromatic carbocycles. The number of amides is 1. The molecule has 0 aliphatic heterocycles. The molecular weight excluding hydrogens is 304 g/mol. The van der Waals surface area contributed by atoms with Crippen LogP contribution in [0.1, 0.15) is 74.0 Å². The molecule has 1 heterocycles. The van der Waals surface area contributed by atoms with Crippen molar-refractivity contribution < 1.29 is 4.79 Å². The lowest BCUT2D eigenvalue weighted by Gasteiger charge is -2.16. The Bertz CT molecular complexity index is 560. The normalized spacial score (nSPS) is 17.3. The average molecular weight is 335 g/mol. The number of nitrogens with one attached hydrogen (secondary N) is 1. The first-order valence-corrected chi connectivity index (χ1v) is 9.64. The fourth-order valence-electron chi connectivity index (χ4n) is 3.12. The van der Waals surface area contributed by atoms with Crippen LogP contribution in [0.25, 0.3) is 0 Å². The standard InChI is InChI=1S/C19H30N2OS/c1-12(2)8-16(9-13(3)4)20-21-19(22)18-11-15-10-14(5)6-7-17(15)23-18/h11-14H,6-10H2,1-5H3,(H,21,22)/t14-/m1/s1. The molecule has 4 heteroatoms. The number of nitrogens with zero attached hydrogens (tertiary/aromatic N) is 1. The van der Waals surface area contributed by atoms with E-state index in [-0.39, 0.29) is 5.91 Å². The van der Waals surface area contributed by atoms with Crippen molar-refractivity contribution in [3.05, 3.63) is 21.4 Å². The van der Waals surface area contributed by atoms with Crippen molar-refractivity contribution in [1.82, 2.24) is 5.43 Å². The van der Waals surface area contributed by atoms with Gasteiger partial charge in [0.05, 0.1) is 4.88 Å². The molecule has 0 radical (unpaired) electrons. The molecule has 0 saturated carbocycles. The summed E-state index contributed by atoms with van der Waals surface area (Å²) in [4.78, 5) is 14.6. The fourth-order valence-corrected chi connectivity index (χ4v) is 4.22. The summed E-state index contributed by atoms with van der Waals surface area (Å²) in [6.07, 6.45) is 5.34. The smallest absolute Gasteiger partial charge is 0.266 e. The average Bonchev–Trinajstić information content (AvgIpc) is 2.86. The molecule has 1 aromatic heterocycles. The first-order valence-electron chi connectivity index (χ1n) is 8.82. The highest BCUT2D eigenvalue weighted by atomic mass is 32.1. The maximum absolute atomic E-state index is 12.4. The summed E-state index contributed by atoms with van der Waals surface area (Å²) >= 11 is 1.64. The Morgan fingerprint density at radius 3 is 2.57 bits per heavy atom. The molecule has 3 nitrogen and oxygen atoms in total. The minimum Gasteiger partial charge on any atom is -0.266 e. The maximum Gasteiger partial charge on any atom is 0.281 e. The number of hydrogen-bond donors (Lipinski definition) is 1. The molecular formula is C19H30N2OS. The zero-order valence-electron chi connectivity index (χ0n) is 15.1. The molecule has 1 N–H and O–H groups in total. The molecule has 128 valence electrons. The molecule has 1 aliphatic rings. The Labute approximate surface area is 144 Å². The molecule has 2 rings (SSSR count). The van der Waals surface area contributed by atoms with E-state index in [0.29, 0.717) is 11.8 Å². The van der Waals surface area contributed by atoms with Crippen molar-refractivity contribution in [1.29, 1.82) is 0 Å². The lowest BCUT2D eigenvalue weighted by Crippen LogP contribution is -2.20. The Morgan fingerprint density at radius 1 is 1.30 bits per heavy atom. The van der Waals surface area contributed by atoms with Gasteiger partial charge in [-0.15, -0.1) is 11.3 Å². The molecule has 1 atom stereocenters. The van der Waals surface area contributed by atoms with Crippen molar-refractivity contribution in [3.8, 4) is 0 Å². The molecule has 0 bridgehead atoms. The molecule has 0 saturated heterocycles. The number of carbonyl (C=O) groups is 1. The first-order chi connectivity index (χ1) is 10.8. The van der Waals surface area contributed by atoms with E-state index >= 15 is 0 Å². The van der Waals surface area contributed by atoms with E-state index in [1.807, 2.05) is 0 Å². The minimum absolute atomic E-state index is 0.0536. The van der Waals surface area contributed by atoms with E-state index in [4.69, 9.17) is 0 Å². The molecule has 1 aliphatic carbocycles. The zero-order valence-corrected chi connectivity index (χ0v) is 15.9. The summed E-state index contributed by atoms with van der Waals surface area (Å²) in [5.74, 6) is 1.79. The maximum atomic E-state index is 12.4. The topological polar surface area (TPSA) is 41.5 Å². The van der Waals surface area contributed by atoms with Gasteiger partial charge in [0.1, 0.15) is 0 Å². The third-order valence-corrected chi connectivity index (χ3v) is 5.39. The monoisotopic (exact) mass is 334 g/mol. The molecule has 1 aromatic rings. The Balaban J connectivity index is 2.03. The quantitative estimate of drug-likeness (QED) is 0.574. The van der Waals surface area contributed by atoms with Gasteiger partial charge < -0.3 is 0 Å². The van der Waals surface area contributed by atoms with E-state index < -0.39 is 0 Å². The highest BCUT2D eigenvalue weighted by Crippen LogP contribution is 2.32. The Kier molecular flexibility index (Phi) is 6.40. The zero-order chi connectivity index (χ0) is 17.0. The molecule has 0 fully saturated rings. The van der Waals surface area contributed by atoms with Crippen LogP contribution in [-0.4, -0.2) is 11.6 Å². The SMILES string of the molecule is CC(C)CC(CC(C)C)=NNC(=O)c1cc2c(s1)CC[C@@H](C)C2. The van der Waals surface area contributed by atoms with Crippen LogP contribution in [0.2, 0.25) is 0 Å². The van der Waals surface area contributed by atoms with Gasteiger partial charge in [-0.3, -0.25) is 4.79 Å². The van der Waals surface area contributed by atoms with Crippen LogP contribution < -0.4 is 5.43 Å². The van der Waals surface area contributed by atoms with Crippen molar-refractivity contribution >= 4 is 23.0 Å². The van der Waals surface area contributed by atoms with Gasteiger partial charge in [0.2, 0.25) is 0 Å². The van der Waals surface area contributed by atoms with Crippen LogP contribution in [0.4, 0.5) is 0 Å². The van der Waals surface area contributed by atoms with E-state index in [0.717, 1.165) is 42.2 Å². The number of fused-ring (bicyclic) bond motifs is 1. The summed E-state index contributed by atoms with van der Waals surface area (Å²) in [7, 11) is 0. The predicted molar refractivity (Wildman–Crippen MR) is 99.3 cm³/mol. The van der Waals surface area contributed by atoms with Gasteiger partial charge in [0.15, 0.2) is 0 Å². The second-order valence-corrected chi connectivity index (χ2v) is 8.86. The third kappa shape index (κ3) is 5.45. The van der Waals surface area contributed by atoms with Crippen LogP contribution in [-0.2, 0) is 12.8 Å².